The number of hydrogen-bond donors (Lipinski definition) is 0. The van der Waals surface area contributed by atoms with Crippen LogP contribution in [0.4, 0.5) is 17.1 Å². The zero-order chi connectivity index (χ0) is 28.3. The Hall–Kier alpha value is -4.96. The molecule has 0 amide bonds. The Bertz CT molecular complexity index is 2450. The number of nitrogens with zero attached hydrogens (tertiary/aromatic N) is 1. The molecular weight excluding hydrogens is 559 g/mol. The van der Waals surface area contributed by atoms with Gasteiger partial charge in [-0.1, -0.05) is 84.9 Å². The van der Waals surface area contributed by atoms with Gasteiger partial charge in [-0.25, -0.2) is 0 Å². The van der Waals surface area contributed by atoms with Crippen LogP contribution in [-0.2, 0) is 0 Å². The van der Waals surface area contributed by atoms with Crippen molar-refractivity contribution < 1.29 is 0 Å². The Balaban J connectivity index is 1.16. The first-order valence-corrected chi connectivity index (χ1v) is 16.1. The van der Waals surface area contributed by atoms with Crippen molar-refractivity contribution in [3.05, 3.63) is 152 Å². The number of fused-ring (bicyclic) bond motifs is 8. The maximum absolute atomic E-state index is 2.37. The average molecular weight is 584 g/mol. The lowest BCUT2D eigenvalue weighted by atomic mass is 9.98. The summed E-state index contributed by atoms with van der Waals surface area (Å²) in [5.41, 5.74) is 5.90. The predicted octanol–water partition coefficient (Wildman–Crippen LogP) is 12.7. The van der Waals surface area contributed by atoms with Crippen LogP contribution in [0, 0.1) is 0 Å². The molecule has 0 N–H and O–H groups in total. The van der Waals surface area contributed by atoms with Crippen molar-refractivity contribution >= 4 is 90.9 Å². The van der Waals surface area contributed by atoms with E-state index in [-0.39, 0.29) is 0 Å². The molecule has 9 aromatic rings. The molecule has 202 valence electrons. The second kappa shape index (κ2) is 9.81. The zero-order valence-corrected chi connectivity index (χ0v) is 24.8. The second-order valence-electron chi connectivity index (χ2n) is 11.0. The number of hydrogen-bond acceptors (Lipinski definition) is 3. The van der Waals surface area contributed by atoms with E-state index in [9.17, 15) is 0 Å². The smallest absolute Gasteiger partial charge is 0.0468 e. The van der Waals surface area contributed by atoms with Crippen LogP contribution in [0.5, 0.6) is 0 Å². The number of thiophene rings is 2. The van der Waals surface area contributed by atoms with Crippen LogP contribution in [0.3, 0.4) is 0 Å². The summed E-state index contributed by atoms with van der Waals surface area (Å²) in [5, 5.41) is 7.93. The number of benzene rings is 7. The lowest BCUT2D eigenvalue weighted by Crippen LogP contribution is -2.09. The molecule has 2 heterocycles. The molecule has 43 heavy (non-hydrogen) atoms. The lowest BCUT2D eigenvalue weighted by molar-refractivity contribution is 1.29. The topological polar surface area (TPSA) is 3.24 Å². The van der Waals surface area contributed by atoms with Gasteiger partial charge in [0.05, 0.1) is 0 Å². The first-order valence-electron chi connectivity index (χ1n) is 14.5. The number of para-hydroxylation sites is 1. The van der Waals surface area contributed by atoms with Gasteiger partial charge in [-0.05, 0) is 88.6 Å². The molecule has 0 radical (unpaired) electrons. The monoisotopic (exact) mass is 583 g/mol. The van der Waals surface area contributed by atoms with Crippen LogP contribution in [-0.4, -0.2) is 0 Å². The first kappa shape index (κ1) is 24.6. The van der Waals surface area contributed by atoms with Gasteiger partial charge in [-0.2, -0.15) is 0 Å². The van der Waals surface area contributed by atoms with Gasteiger partial charge in [0.2, 0.25) is 0 Å². The molecule has 2 aromatic heterocycles. The third-order valence-electron chi connectivity index (χ3n) is 8.45. The summed E-state index contributed by atoms with van der Waals surface area (Å²) in [6, 6.07) is 55.4. The molecular formula is C40H25NS2. The van der Waals surface area contributed by atoms with Crippen molar-refractivity contribution in [2.24, 2.45) is 0 Å². The highest BCUT2D eigenvalue weighted by molar-refractivity contribution is 7.26. The van der Waals surface area contributed by atoms with Gasteiger partial charge in [0.15, 0.2) is 0 Å². The summed E-state index contributed by atoms with van der Waals surface area (Å²) in [6.07, 6.45) is 0. The van der Waals surface area contributed by atoms with Gasteiger partial charge >= 0.3 is 0 Å². The molecule has 0 saturated heterocycles. The molecule has 0 atom stereocenters. The normalized spacial score (nSPS) is 11.7. The summed E-state index contributed by atoms with van der Waals surface area (Å²) in [7, 11) is 0. The molecule has 0 fully saturated rings. The maximum atomic E-state index is 2.37. The highest BCUT2D eigenvalue weighted by atomic mass is 32.1. The van der Waals surface area contributed by atoms with Gasteiger partial charge in [-0.3, -0.25) is 0 Å². The van der Waals surface area contributed by atoms with E-state index in [1.54, 1.807) is 0 Å². The average Bonchev–Trinajstić information content (AvgIpc) is 3.64. The molecule has 3 heteroatoms. The summed E-state index contributed by atoms with van der Waals surface area (Å²) in [4.78, 5) is 2.36. The Kier molecular flexibility index (Phi) is 5.62. The van der Waals surface area contributed by atoms with Gasteiger partial charge < -0.3 is 4.90 Å². The van der Waals surface area contributed by atoms with Crippen LogP contribution in [0.1, 0.15) is 0 Å². The molecule has 0 bridgehead atoms. The molecule has 0 unspecified atom stereocenters. The van der Waals surface area contributed by atoms with Gasteiger partial charge in [-0.15, -0.1) is 22.7 Å². The van der Waals surface area contributed by atoms with Crippen LogP contribution in [0.2, 0.25) is 0 Å². The third kappa shape index (κ3) is 4.04. The van der Waals surface area contributed by atoms with Crippen molar-refractivity contribution in [1.82, 2.24) is 0 Å². The molecule has 0 aliphatic rings. The van der Waals surface area contributed by atoms with Crippen molar-refractivity contribution in [3.63, 3.8) is 0 Å². The summed E-state index contributed by atoms with van der Waals surface area (Å²) in [6.45, 7) is 0. The van der Waals surface area contributed by atoms with E-state index < -0.39 is 0 Å². The van der Waals surface area contributed by atoms with Crippen molar-refractivity contribution in [2.45, 2.75) is 0 Å². The zero-order valence-electron chi connectivity index (χ0n) is 23.2. The Morgan fingerprint density at radius 2 is 0.930 bits per heavy atom. The van der Waals surface area contributed by atoms with E-state index in [1.807, 2.05) is 22.7 Å². The summed E-state index contributed by atoms with van der Waals surface area (Å²) in [5.74, 6) is 0. The van der Waals surface area contributed by atoms with Crippen LogP contribution < -0.4 is 4.90 Å². The molecule has 0 spiro atoms. The van der Waals surface area contributed by atoms with Gasteiger partial charge in [0.25, 0.3) is 0 Å². The van der Waals surface area contributed by atoms with Crippen LogP contribution in [0.15, 0.2) is 152 Å². The molecule has 1 nitrogen and oxygen atoms in total. The van der Waals surface area contributed by atoms with Crippen LogP contribution >= 0.6 is 22.7 Å². The van der Waals surface area contributed by atoms with E-state index in [0.717, 1.165) is 17.1 Å². The summed E-state index contributed by atoms with van der Waals surface area (Å²) >= 11 is 3.73. The van der Waals surface area contributed by atoms with Crippen molar-refractivity contribution in [2.75, 3.05) is 4.90 Å². The lowest BCUT2D eigenvalue weighted by Gasteiger charge is -2.26. The highest BCUT2D eigenvalue weighted by Gasteiger charge is 2.15. The largest absolute Gasteiger partial charge is 0.310 e. The van der Waals surface area contributed by atoms with Gasteiger partial charge in [0, 0.05) is 57.4 Å². The highest BCUT2D eigenvalue weighted by Crippen LogP contribution is 2.42. The van der Waals surface area contributed by atoms with E-state index >= 15 is 0 Å². The van der Waals surface area contributed by atoms with Crippen LogP contribution in [0.25, 0.3) is 62.2 Å². The van der Waals surface area contributed by atoms with E-state index in [1.165, 1.54) is 62.2 Å². The third-order valence-corrected chi connectivity index (χ3v) is 10.7. The maximum Gasteiger partial charge on any atom is 0.0468 e. The van der Waals surface area contributed by atoms with Crippen molar-refractivity contribution in [1.29, 1.82) is 0 Å². The number of anilines is 3. The Labute approximate surface area is 257 Å². The van der Waals surface area contributed by atoms with Crippen molar-refractivity contribution in [3.8, 4) is 11.1 Å². The number of rotatable bonds is 4. The molecule has 9 rings (SSSR count). The SMILES string of the molecule is c1ccc(N(c2ccc(-c3ccc4ccc5sc6ccccc6c5c4c3)cc2)c2ccc3sc4ccccc4c3c2)cc1. The van der Waals surface area contributed by atoms with E-state index in [0.29, 0.717) is 0 Å². The summed E-state index contributed by atoms with van der Waals surface area (Å²) < 4.78 is 5.33. The first-order chi connectivity index (χ1) is 21.3. The molecule has 0 aliphatic heterocycles. The van der Waals surface area contributed by atoms with E-state index in [4.69, 9.17) is 0 Å². The fourth-order valence-corrected chi connectivity index (χ4v) is 8.61. The Morgan fingerprint density at radius 1 is 0.349 bits per heavy atom. The molecule has 0 aliphatic carbocycles. The molecule has 7 aromatic carbocycles. The van der Waals surface area contributed by atoms with E-state index in [2.05, 4.69) is 157 Å². The molecule has 0 saturated carbocycles. The van der Waals surface area contributed by atoms with Gasteiger partial charge in [0.1, 0.15) is 0 Å². The fourth-order valence-electron chi connectivity index (χ4n) is 6.40. The minimum atomic E-state index is 1.14. The minimum absolute atomic E-state index is 1.14. The second-order valence-corrected chi connectivity index (χ2v) is 13.1. The minimum Gasteiger partial charge on any atom is -0.310 e. The fraction of sp³-hybridized carbons (Fsp3) is 0. The standard InChI is InChI=1S/C40H25NS2/c1-2-8-29(9-3-1)41(31-21-23-38-35(25-31)32-10-4-6-12-36(32)42-38)30-19-16-26(17-20-30)28-15-14-27-18-22-39-40(34(27)24-28)33-11-5-7-13-37(33)43-39/h1-25H. The quantitative estimate of drug-likeness (QED) is 0.199. The Morgan fingerprint density at radius 3 is 1.77 bits per heavy atom. The predicted molar refractivity (Wildman–Crippen MR) is 190 cm³/mol.